The lowest BCUT2D eigenvalue weighted by atomic mass is 9.88. The summed E-state index contributed by atoms with van der Waals surface area (Å²) >= 11 is 6.08. The van der Waals surface area contributed by atoms with Crippen molar-refractivity contribution in [1.29, 1.82) is 0 Å². The predicted molar refractivity (Wildman–Crippen MR) is 110 cm³/mol. The molecule has 1 unspecified atom stereocenters. The van der Waals surface area contributed by atoms with Gasteiger partial charge in [-0.3, -0.25) is 4.79 Å². The third-order valence-electron chi connectivity index (χ3n) is 5.06. The van der Waals surface area contributed by atoms with E-state index in [0.29, 0.717) is 10.8 Å². The first kappa shape index (κ1) is 18.6. The molecule has 1 aromatic heterocycles. The summed E-state index contributed by atoms with van der Waals surface area (Å²) in [5.41, 5.74) is 3.56. The van der Waals surface area contributed by atoms with E-state index in [4.69, 9.17) is 16.3 Å². The number of nitrogens with zero attached hydrogens (tertiary/aromatic N) is 2. The number of anilines is 1. The average Bonchev–Trinajstić information content (AvgIpc) is 3.07. The summed E-state index contributed by atoms with van der Waals surface area (Å²) in [6.45, 7) is 1.83. The molecule has 5 nitrogen and oxygen atoms in total. The summed E-state index contributed by atoms with van der Waals surface area (Å²) in [6, 6.07) is 15.7. The molecule has 0 saturated carbocycles. The molecule has 28 heavy (non-hydrogen) atoms. The molecule has 0 radical (unpaired) electrons. The van der Waals surface area contributed by atoms with Crippen molar-refractivity contribution in [3.63, 3.8) is 0 Å². The van der Waals surface area contributed by atoms with Gasteiger partial charge in [-0.25, -0.2) is 4.68 Å². The van der Waals surface area contributed by atoms with Crippen molar-refractivity contribution in [1.82, 2.24) is 9.78 Å². The lowest BCUT2D eigenvalue weighted by Gasteiger charge is -2.27. The maximum absolute atomic E-state index is 12.5. The van der Waals surface area contributed by atoms with Crippen LogP contribution in [0.5, 0.6) is 5.75 Å². The number of amides is 1. The van der Waals surface area contributed by atoms with Gasteiger partial charge in [-0.2, -0.15) is 5.10 Å². The van der Waals surface area contributed by atoms with Crippen LogP contribution in [0.15, 0.2) is 54.7 Å². The van der Waals surface area contributed by atoms with Crippen molar-refractivity contribution in [2.75, 3.05) is 11.9 Å². The lowest BCUT2D eigenvalue weighted by molar-refractivity contribution is -0.118. The molecule has 0 bridgehead atoms. The van der Waals surface area contributed by atoms with Crippen LogP contribution in [0.2, 0.25) is 5.02 Å². The molecule has 144 valence electrons. The predicted octanol–water partition coefficient (Wildman–Crippen LogP) is 4.79. The number of para-hydroxylation sites is 1. The largest absolute Gasteiger partial charge is 0.482 e. The molecule has 6 heteroatoms. The van der Waals surface area contributed by atoms with Crippen molar-refractivity contribution >= 4 is 23.3 Å². The van der Waals surface area contributed by atoms with Crippen LogP contribution >= 0.6 is 11.6 Å². The summed E-state index contributed by atoms with van der Waals surface area (Å²) in [5.74, 6) is 0.967. The van der Waals surface area contributed by atoms with Crippen LogP contribution in [0.25, 0.3) is 0 Å². The first-order valence-corrected chi connectivity index (χ1v) is 9.80. The van der Waals surface area contributed by atoms with Crippen molar-refractivity contribution in [2.45, 2.75) is 32.2 Å². The molecule has 0 fully saturated rings. The minimum absolute atomic E-state index is 0.115. The molecule has 1 heterocycles. The molecular weight excluding hydrogens is 374 g/mol. The Bertz CT molecular complexity index is 999. The fourth-order valence-corrected chi connectivity index (χ4v) is 3.89. The second-order valence-electron chi connectivity index (χ2n) is 6.99. The molecule has 1 amide bonds. The molecule has 4 rings (SSSR count). The van der Waals surface area contributed by atoms with E-state index in [1.807, 2.05) is 23.7 Å². The average molecular weight is 396 g/mol. The van der Waals surface area contributed by atoms with Gasteiger partial charge in [-0.15, -0.1) is 0 Å². The number of ether oxygens (including phenoxy) is 1. The number of benzene rings is 2. The van der Waals surface area contributed by atoms with Gasteiger partial charge < -0.3 is 10.1 Å². The molecule has 2 aromatic carbocycles. The summed E-state index contributed by atoms with van der Waals surface area (Å²) < 4.78 is 7.49. The van der Waals surface area contributed by atoms with Gasteiger partial charge in [-0.1, -0.05) is 48.0 Å². The van der Waals surface area contributed by atoms with E-state index in [1.54, 1.807) is 18.3 Å². The zero-order valence-corrected chi connectivity index (χ0v) is 16.4. The van der Waals surface area contributed by atoms with Gasteiger partial charge in [0, 0.05) is 5.56 Å². The van der Waals surface area contributed by atoms with Crippen molar-refractivity contribution in [3.8, 4) is 5.75 Å². The SMILES string of the molecule is Cc1cnn(C2CCCc3ccccc32)c1NC(=O)COc1ccccc1Cl. The Morgan fingerprint density at radius 2 is 2.04 bits per heavy atom. The van der Waals surface area contributed by atoms with E-state index in [0.717, 1.165) is 30.6 Å². The zero-order chi connectivity index (χ0) is 19.5. The van der Waals surface area contributed by atoms with Crippen LogP contribution in [0.3, 0.4) is 0 Å². The van der Waals surface area contributed by atoms with E-state index >= 15 is 0 Å². The van der Waals surface area contributed by atoms with E-state index in [1.165, 1.54) is 11.1 Å². The molecule has 1 aliphatic rings. The van der Waals surface area contributed by atoms with Crippen LogP contribution in [-0.2, 0) is 11.2 Å². The van der Waals surface area contributed by atoms with Gasteiger partial charge in [0.25, 0.3) is 5.91 Å². The summed E-state index contributed by atoms with van der Waals surface area (Å²) in [6.07, 6.45) is 4.97. The zero-order valence-electron chi connectivity index (χ0n) is 15.7. The molecule has 0 saturated heterocycles. The fourth-order valence-electron chi connectivity index (χ4n) is 3.70. The summed E-state index contributed by atoms with van der Waals surface area (Å²) in [7, 11) is 0. The highest BCUT2D eigenvalue weighted by Gasteiger charge is 2.25. The number of nitrogens with one attached hydrogen (secondary N) is 1. The Labute approximate surface area is 169 Å². The smallest absolute Gasteiger partial charge is 0.263 e. The Balaban J connectivity index is 1.52. The Morgan fingerprint density at radius 3 is 2.89 bits per heavy atom. The third-order valence-corrected chi connectivity index (χ3v) is 5.38. The van der Waals surface area contributed by atoms with Gasteiger partial charge in [0.1, 0.15) is 11.6 Å². The number of hydrogen-bond acceptors (Lipinski definition) is 3. The Kier molecular flexibility index (Phi) is 5.35. The highest BCUT2D eigenvalue weighted by molar-refractivity contribution is 6.32. The van der Waals surface area contributed by atoms with Gasteiger partial charge in [0.2, 0.25) is 0 Å². The highest BCUT2D eigenvalue weighted by Crippen LogP contribution is 2.35. The van der Waals surface area contributed by atoms with Crippen LogP contribution in [-0.4, -0.2) is 22.3 Å². The Morgan fingerprint density at radius 1 is 1.25 bits per heavy atom. The molecule has 3 aromatic rings. The van der Waals surface area contributed by atoms with Crippen molar-refractivity contribution in [3.05, 3.63) is 76.4 Å². The van der Waals surface area contributed by atoms with Crippen LogP contribution in [0.4, 0.5) is 5.82 Å². The van der Waals surface area contributed by atoms with Crippen molar-refractivity contribution in [2.24, 2.45) is 0 Å². The normalized spacial score (nSPS) is 15.7. The number of hydrogen-bond donors (Lipinski definition) is 1. The number of aromatic nitrogens is 2. The second-order valence-corrected chi connectivity index (χ2v) is 7.40. The fraction of sp³-hybridized carbons (Fsp3) is 0.273. The maximum atomic E-state index is 12.5. The minimum atomic E-state index is -0.242. The number of carbonyl (C=O) groups excluding carboxylic acids is 1. The van der Waals surface area contributed by atoms with Crippen LogP contribution in [0.1, 0.15) is 35.6 Å². The number of halogens is 1. The van der Waals surface area contributed by atoms with E-state index in [9.17, 15) is 4.79 Å². The molecule has 1 aliphatic carbocycles. The van der Waals surface area contributed by atoms with E-state index in [2.05, 4.69) is 34.7 Å². The molecule has 1 N–H and O–H groups in total. The third kappa shape index (κ3) is 3.76. The molecule has 1 atom stereocenters. The number of fused-ring (bicyclic) bond motifs is 1. The quantitative estimate of drug-likeness (QED) is 0.675. The topological polar surface area (TPSA) is 56.2 Å². The molecule has 0 aliphatic heterocycles. The lowest BCUT2D eigenvalue weighted by Crippen LogP contribution is -2.25. The van der Waals surface area contributed by atoms with Gasteiger partial charge in [0.05, 0.1) is 17.3 Å². The van der Waals surface area contributed by atoms with E-state index in [-0.39, 0.29) is 18.6 Å². The first-order valence-electron chi connectivity index (χ1n) is 9.42. The molecular formula is C22H22ClN3O2. The number of carbonyl (C=O) groups is 1. The maximum Gasteiger partial charge on any atom is 0.263 e. The van der Waals surface area contributed by atoms with E-state index < -0.39 is 0 Å². The minimum Gasteiger partial charge on any atom is -0.482 e. The Hall–Kier alpha value is -2.79. The van der Waals surface area contributed by atoms with Crippen LogP contribution < -0.4 is 10.1 Å². The monoisotopic (exact) mass is 395 g/mol. The highest BCUT2D eigenvalue weighted by atomic mass is 35.5. The first-order chi connectivity index (χ1) is 13.6. The second kappa shape index (κ2) is 8.07. The van der Waals surface area contributed by atoms with Crippen LogP contribution in [0, 0.1) is 6.92 Å². The van der Waals surface area contributed by atoms with Gasteiger partial charge in [-0.05, 0) is 49.4 Å². The number of aryl methyl sites for hydroxylation is 2. The standard InChI is InChI=1S/C22H22ClN3O2/c1-15-13-24-26(19-11-6-8-16-7-2-3-9-17(16)19)22(15)25-21(27)14-28-20-12-5-4-10-18(20)23/h2-5,7,9-10,12-13,19H,6,8,11,14H2,1H3,(H,25,27). The molecule has 0 spiro atoms. The van der Waals surface area contributed by atoms with Gasteiger partial charge in [0.15, 0.2) is 6.61 Å². The summed E-state index contributed by atoms with van der Waals surface area (Å²) in [4.78, 5) is 12.5. The summed E-state index contributed by atoms with van der Waals surface area (Å²) in [5, 5.41) is 8.02. The van der Waals surface area contributed by atoms with Crippen molar-refractivity contribution < 1.29 is 9.53 Å². The number of rotatable bonds is 5. The van der Waals surface area contributed by atoms with Gasteiger partial charge >= 0.3 is 0 Å².